The molecule has 1 N–H and O–H groups in total. The topological polar surface area (TPSA) is 66.0 Å². The first-order valence-electron chi connectivity index (χ1n) is 7.96. The second kappa shape index (κ2) is 8.80. The Balaban J connectivity index is 2.22. The zero-order valence-electron chi connectivity index (χ0n) is 15.6. The highest BCUT2D eigenvalue weighted by atomic mass is 16.5. The minimum atomic E-state index is -0.205. The predicted octanol–water partition coefficient (Wildman–Crippen LogP) is 3.84. The van der Waals surface area contributed by atoms with Gasteiger partial charge in [0.05, 0.1) is 34.1 Å². The van der Waals surface area contributed by atoms with Gasteiger partial charge in [0.2, 0.25) is 5.75 Å². The molecule has 0 aliphatic heterocycles. The van der Waals surface area contributed by atoms with Crippen molar-refractivity contribution in [3.63, 3.8) is 0 Å². The Morgan fingerprint density at radius 3 is 2.04 bits per heavy atom. The molecule has 0 unspecified atom stereocenters. The first-order valence-corrected chi connectivity index (χ1v) is 7.96. The average Bonchev–Trinajstić information content (AvgIpc) is 2.66. The molecule has 0 atom stereocenters. The third-order valence-corrected chi connectivity index (χ3v) is 3.78. The SMILES string of the molecule is COc1ccc(C)cc1N/C=C/C(=O)c1cc(OC)c(OC)c(OC)c1. The quantitative estimate of drug-likeness (QED) is 0.572. The van der Waals surface area contributed by atoms with Crippen molar-refractivity contribution in [1.82, 2.24) is 0 Å². The molecule has 2 aromatic carbocycles. The van der Waals surface area contributed by atoms with E-state index in [-0.39, 0.29) is 5.78 Å². The lowest BCUT2D eigenvalue weighted by Gasteiger charge is -2.13. The molecule has 0 aliphatic carbocycles. The number of anilines is 1. The Kier molecular flexibility index (Phi) is 6.49. The smallest absolute Gasteiger partial charge is 0.203 e. The molecule has 0 fully saturated rings. The van der Waals surface area contributed by atoms with E-state index >= 15 is 0 Å². The zero-order chi connectivity index (χ0) is 19.1. The molecule has 0 radical (unpaired) electrons. The highest BCUT2D eigenvalue weighted by Crippen LogP contribution is 2.38. The van der Waals surface area contributed by atoms with E-state index in [1.54, 1.807) is 25.4 Å². The Hall–Kier alpha value is -3.15. The van der Waals surface area contributed by atoms with Gasteiger partial charge in [-0.3, -0.25) is 4.79 Å². The maximum atomic E-state index is 12.5. The number of carbonyl (C=O) groups excluding carboxylic acids is 1. The van der Waals surface area contributed by atoms with E-state index in [2.05, 4.69) is 5.32 Å². The third kappa shape index (κ3) is 4.27. The van der Waals surface area contributed by atoms with Crippen LogP contribution in [-0.4, -0.2) is 34.2 Å². The van der Waals surface area contributed by atoms with Crippen LogP contribution in [0, 0.1) is 6.92 Å². The standard InChI is InChI=1S/C20H23NO5/c1-13-6-7-17(23-2)15(10-13)21-9-8-16(22)14-11-18(24-3)20(26-5)19(12-14)25-4/h6-12,21H,1-5H3/b9-8+. The molecule has 0 heterocycles. The molecule has 0 saturated carbocycles. The van der Waals surface area contributed by atoms with Crippen molar-refractivity contribution >= 4 is 11.5 Å². The van der Waals surface area contributed by atoms with Crippen LogP contribution in [0.4, 0.5) is 5.69 Å². The van der Waals surface area contributed by atoms with Crippen LogP contribution >= 0.6 is 0 Å². The maximum absolute atomic E-state index is 12.5. The molecular weight excluding hydrogens is 334 g/mol. The van der Waals surface area contributed by atoms with Crippen LogP contribution in [-0.2, 0) is 0 Å². The summed E-state index contributed by atoms with van der Waals surface area (Å²) in [6.45, 7) is 1.98. The summed E-state index contributed by atoms with van der Waals surface area (Å²) in [5.74, 6) is 1.79. The fourth-order valence-electron chi connectivity index (χ4n) is 2.46. The number of carbonyl (C=O) groups is 1. The molecule has 0 aliphatic rings. The molecule has 0 bridgehead atoms. The number of nitrogens with one attached hydrogen (secondary N) is 1. The summed E-state index contributed by atoms with van der Waals surface area (Å²) in [6.07, 6.45) is 3.01. The molecule has 2 rings (SSSR count). The first kappa shape index (κ1) is 19.2. The number of hydrogen-bond acceptors (Lipinski definition) is 6. The normalized spacial score (nSPS) is 10.5. The largest absolute Gasteiger partial charge is 0.495 e. The molecule has 26 heavy (non-hydrogen) atoms. The summed E-state index contributed by atoms with van der Waals surface area (Å²) in [7, 11) is 6.13. The van der Waals surface area contributed by atoms with E-state index in [1.165, 1.54) is 27.4 Å². The van der Waals surface area contributed by atoms with Crippen molar-refractivity contribution in [2.75, 3.05) is 33.8 Å². The van der Waals surface area contributed by atoms with Crippen molar-refractivity contribution in [3.05, 3.63) is 53.7 Å². The first-order chi connectivity index (χ1) is 12.5. The summed E-state index contributed by atoms with van der Waals surface area (Å²) in [6, 6.07) is 8.98. The van der Waals surface area contributed by atoms with Gasteiger partial charge in [0.1, 0.15) is 5.75 Å². The van der Waals surface area contributed by atoms with Crippen LogP contribution in [0.2, 0.25) is 0 Å². The van der Waals surface area contributed by atoms with Crippen LogP contribution in [0.25, 0.3) is 0 Å². The van der Waals surface area contributed by atoms with Gasteiger partial charge in [-0.1, -0.05) is 6.07 Å². The molecule has 2 aromatic rings. The van der Waals surface area contributed by atoms with Crippen LogP contribution < -0.4 is 24.3 Å². The zero-order valence-corrected chi connectivity index (χ0v) is 15.6. The monoisotopic (exact) mass is 357 g/mol. The van der Waals surface area contributed by atoms with Gasteiger partial charge in [0.25, 0.3) is 0 Å². The summed E-state index contributed by atoms with van der Waals surface area (Å²) in [4.78, 5) is 12.5. The van der Waals surface area contributed by atoms with Gasteiger partial charge in [-0.05, 0) is 36.8 Å². The fourth-order valence-corrected chi connectivity index (χ4v) is 2.46. The second-order valence-corrected chi connectivity index (χ2v) is 5.46. The minimum absolute atomic E-state index is 0.205. The highest BCUT2D eigenvalue weighted by Gasteiger charge is 2.15. The number of aryl methyl sites for hydroxylation is 1. The fraction of sp³-hybridized carbons (Fsp3) is 0.250. The number of rotatable bonds is 8. The van der Waals surface area contributed by atoms with Crippen LogP contribution in [0.5, 0.6) is 23.0 Å². The van der Waals surface area contributed by atoms with Gasteiger partial charge in [-0.2, -0.15) is 0 Å². The van der Waals surface area contributed by atoms with Crippen molar-refractivity contribution in [2.45, 2.75) is 6.92 Å². The molecule has 0 amide bonds. The molecule has 6 nitrogen and oxygen atoms in total. The molecule has 0 saturated heterocycles. The van der Waals surface area contributed by atoms with E-state index in [0.717, 1.165) is 11.3 Å². The second-order valence-electron chi connectivity index (χ2n) is 5.46. The van der Waals surface area contributed by atoms with Crippen LogP contribution in [0.3, 0.4) is 0 Å². The van der Waals surface area contributed by atoms with Gasteiger partial charge >= 0.3 is 0 Å². The lowest BCUT2D eigenvalue weighted by atomic mass is 10.1. The molecular formula is C20H23NO5. The van der Waals surface area contributed by atoms with Crippen molar-refractivity contribution in [3.8, 4) is 23.0 Å². The Labute approximate surface area is 153 Å². The molecule has 0 spiro atoms. The van der Waals surface area contributed by atoms with Crippen LogP contribution in [0.1, 0.15) is 15.9 Å². The molecule has 0 aromatic heterocycles. The Bertz CT molecular complexity index is 789. The Morgan fingerprint density at radius 2 is 1.50 bits per heavy atom. The average molecular weight is 357 g/mol. The van der Waals surface area contributed by atoms with Crippen molar-refractivity contribution < 1.29 is 23.7 Å². The van der Waals surface area contributed by atoms with Gasteiger partial charge in [0, 0.05) is 17.8 Å². The lowest BCUT2D eigenvalue weighted by Crippen LogP contribution is -2.01. The van der Waals surface area contributed by atoms with E-state index in [4.69, 9.17) is 18.9 Å². The molecule has 6 heteroatoms. The third-order valence-electron chi connectivity index (χ3n) is 3.78. The summed E-state index contributed by atoms with van der Waals surface area (Å²) in [5.41, 5.74) is 2.29. The van der Waals surface area contributed by atoms with Crippen LogP contribution in [0.15, 0.2) is 42.6 Å². The predicted molar refractivity (Wildman–Crippen MR) is 101 cm³/mol. The molecule has 138 valence electrons. The number of ether oxygens (including phenoxy) is 4. The van der Waals surface area contributed by atoms with E-state index < -0.39 is 0 Å². The summed E-state index contributed by atoms with van der Waals surface area (Å²) < 4.78 is 21.1. The highest BCUT2D eigenvalue weighted by molar-refractivity contribution is 6.05. The van der Waals surface area contributed by atoms with Gasteiger partial charge in [0.15, 0.2) is 17.3 Å². The maximum Gasteiger partial charge on any atom is 0.203 e. The van der Waals surface area contributed by atoms with E-state index in [9.17, 15) is 4.79 Å². The number of methoxy groups -OCH3 is 4. The minimum Gasteiger partial charge on any atom is -0.495 e. The van der Waals surface area contributed by atoms with Crippen molar-refractivity contribution in [2.24, 2.45) is 0 Å². The van der Waals surface area contributed by atoms with Crippen molar-refractivity contribution in [1.29, 1.82) is 0 Å². The van der Waals surface area contributed by atoms with Gasteiger partial charge in [-0.15, -0.1) is 0 Å². The van der Waals surface area contributed by atoms with E-state index in [1.807, 2.05) is 25.1 Å². The number of ketones is 1. The lowest BCUT2D eigenvalue weighted by molar-refractivity contribution is 0.104. The number of hydrogen-bond donors (Lipinski definition) is 1. The number of benzene rings is 2. The van der Waals surface area contributed by atoms with E-state index in [0.29, 0.717) is 28.6 Å². The summed E-state index contributed by atoms with van der Waals surface area (Å²) >= 11 is 0. The summed E-state index contributed by atoms with van der Waals surface area (Å²) in [5, 5.41) is 3.07. The van der Waals surface area contributed by atoms with Gasteiger partial charge in [-0.25, -0.2) is 0 Å². The Morgan fingerprint density at radius 1 is 0.885 bits per heavy atom. The van der Waals surface area contributed by atoms with Gasteiger partial charge < -0.3 is 24.3 Å². The number of allylic oxidation sites excluding steroid dienone is 1.